The summed E-state index contributed by atoms with van der Waals surface area (Å²) in [5.41, 5.74) is 1.62. The van der Waals surface area contributed by atoms with Crippen LogP contribution in [-0.4, -0.2) is 20.1 Å². The van der Waals surface area contributed by atoms with Gasteiger partial charge in [0.15, 0.2) is 0 Å². The number of ether oxygens (including phenoxy) is 1. The Kier molecular flexibility index (Phi) is 3.22. The van der Waals surface area contributed by atoms with Crippen molar-refractivity contribution >= 4 is 15.9 Å². The first-order chi connectivity index (χ1) is 9.96. The highest BCUT2D eigenvalue weighted by molar-refractivity contribution is 7.95. The largest absolute Gasteiger partial charge is 0.508 e. The van der Waals surface area contributed by atoms with Crippen LogP contribution in [0, 0.1) is 6.92 Å². The zero-order chi connectivity index (χ0) is 15.0. The van der Waals surface area contributed by atoms with Gasteiger partial charge < -0.3 is 9.84 Å². The minimum atomic E-state index is -3.57. The molecule has 0 saturated heterocycles. The molecule has 0 unspecified atom stereocenters. The van der Waals surface area contributed by atoms with Crippen molar-refractivity contribution in [3.05, 3.63) is 58.5 Å². The van der Waals surface area contributed by atoms with Crippen LogP contribution >= 0.6 is 0 Å². The molecule has 1 aliphatic rings. The highest BCUT2D eigenvalue weighted by Crippen LogP contribution is 2.35. The summed E-state index contributed by atoms with van der Waals surface area (Å²) in [4.78, 5) is 0.329. The summed E-state index contributed by atoms with van der Waals surface area (Å²) >= 11 is 0. The van der Waals surface area contributed by atoms with Gasteiger partial charge >= 0.3 is 0 Å². The first-order valence-electron chi connectivity index (χ1n) is 6.45. The number of aryl methyl sites for hydroxylation is 1. The van der Waals surface area contributed by atoms with E-state index in [1.807, 2.05) is 25.1 Å². The molecule has 0 saturated carbocycles. The molecule has 1 heterocycles. The van der Waals surface area contributed by atoms with Crippen molar-refractivity contribution in [2.75, 3.05) is 6.61 Å². The topological polar surface area (TPSA) is 63.6 Å². The number of hydrogen-bond acceptors (Lipinski definition) is 4. The molecule has 108 valence electrons. The number of fused-ring (bicyclic) bond motifs is 1. The van der Waals surface area contributed by atoms with Crippen molar-refractivity contribution < 1.29 is 18.3 Å². The maximum Gasteiger partial charge on any atom is 0.206 e. The monoisotopic (exact) mass is 302 g/mol. The Morgan fingerprint density at radius 1 is 1.14 bits per heavy atom. The Labute approximate surface area is 123 Å². The van der Waals surface area contributed by atoms with E-state index < -0.39 is 9.84 Å². The second kappa shape index (κ2) is 4.93. The van der Waals surface area contributed by atoms with Gasteiger partial charge in [-0.3, -0.25) is 0 Å². The summed E-state index contributed by atoms with van der Waals surface area (Å²) in [5, 5.41) is 9.43. The number of rotatable bonds is 3. The predicted octanol–water partition coefficient (Wildman–Crippen LogP) is 2.91. The second-order valence-electron chi connectivity index (χ2n) is 4.94. The van der Waals surface area contributed by atoms with Crippen LogP contribution in [0.4, 0.5) is 0 Å². The van der Waals surface area contributed by atoms with Crippen LogP contribution in [-0.2, 0) is 9.84 Å². The third-order valence-electron chi connectivity index (χ3n) is 3.32. The highest BCUT2D eigenvalue weighted by Gasteiger charge is 2.30. The third-order valence-corrected chi connectivity index (χ3v) is 5.18. The van der Waals surface area contributed by atoms with E-state index in [9.17, 15) is 13.5 Å². The Balaban J connectivity index is 1.85. The molecule has 0 fully saturated rings. The van der Waals surface area contributed by atoms with Gasteiger partial charge in [0.05, 0.1) is 9.80 Å². The smallest absolute Gasteiger partial charge is 0.206 e. The average molecular weight is 302 g/mol. The SMILES string of the molecule is Cc1cccc(OCC2=Cc3ccc(O)cc3S2(=O)=O)c1. The molecular formula is C16H14O4S. The average Bonchev–Trinajstić information content (AvgIpc) is 2.68. The minimum absolute atomic E-state index is 0.0266. The molecular weight excluding hydrogens is 288 g/mol. The van der Waals surface area contributed by atoms with E-state index in [1.54, 1.807) is 18.2 Å². The lowest BCUT2D eigenvalue weighted by atomic mass is 10.2. The van der Waals surface area contributed by atoms with E-state index in [2.05, 4.69) is 0 Å². The van der Waals surface area contributed by atoms with Crippen molar-refractivity contribution in [1.82, 2.24) is 0 Å². The number of sulfone groups is 1. The first-order valence-corrected chi connectivity index (χ1v) is 7.93. The summed E-state index contributed by atoms with van der Waals surface area (Å²) in [6.45, 7) is 1.91. The first kappa shape index (κ1) is 13.7. The van der Waals surface area contributed by atoms with Crippen LogP contribution in [0.5, 0.6) is 11.5 Å². The number of hydrogen-bond donors (Lipinski definition) is 1. The van der Waals surface area contributed by atoms with Crippen LogP contribution < -0.4 is 4.74 Å². The van der Waals surface area contributed by atoms with Crippen LogP contribution in [0.1, 0.15) is 11.1 Å². The van der Waals surface area contributed by atoms with Gasteiger partial charge in [0.25, 0.3) is 0 Å². The summed E-state index contributed by atoms with van der Waals surface area (Å²) in [6, 6.07) is 11.7. The molecule has 2 aromatic rings. The van der Waals surface area contributed by atoms with E-state index in [4.69, 9.17) is 4.74 Å². The van der Waals surface area contributed by atoms with Gasteiger partial charge in [-0.15, -0.1) is 0 Å². The number of phenolic OH excluding ortho intramolecular Hbond substituents is 1. The van der Waals surface area contributed by atoms with Gasteiger partial charge in [-0.05, 0) is 54.5 Å². The van der Waals surface area contributed by atoms with Crippen molar-refractivity contribution in [2.45, 2.75) is 11.8 Å². The zero-order valence-electron chi connectivity index (χ0n) is 11.4. The Bertz CT molecular complexity index is 835. The lowest BCUT2D eigenvalue weighted by molar-refractivity contribution is 0.359. The maximum atomic E-state index is 12.4. The van der Waals surface area contributed by atoms with Gasteiger partial charge in [0.1, 0.15) is 18.1 Å². The number of phenols is 1. The van der Waals surface area contributed by atoms with Gasteiger partial charge in [-0.2, -0.15) is 0 Å². The molecule has 1 N–H and O–H groups in total. The van der Waals surface area contributed by atoms with Crippen molar-refractivity contribution in [3.8, 4) is 11.5 Å². The fraction of sp³-hybridized carbons (Fsp3) is 0.125. The van der Waals surface area contributed by atoms with Crippen LogP contribution in [0.25, 0.3) is 6.08 Å². The van der Waals surface area contributed by atoms with Crippen molar-refractivity contribution in [3.63, 3.8) is 0 Å². The summed E-state index contributed by atoms with van der Waals surface area (Å²) < 4.78 is 30.3. The van der Waals surface area contributed by atoms with Crippen molar-refractivity contribution in [2.24, 2.45) is 0 Å². The number of benzene rings is 2. The highest BCUT2D eigenvalue weighted by atomic mass is 32.2. The normalized spacial score (nSPS) is 15.4. The molecule has 2 aromatic carbocycles. The molecule has 0 bridgehead atoms. The summed E-state index contributed by atoms with van der Waals surface area (Å²) in [5.74, 6) is 0.566. The summed E-state index contributed by atoms with van der Waals surface area (Å²) in [6.07, 6.45) is 1.58. The molecule has 4 nitrogen and oxygen atoms in total. The minimum Gasteiger partial charge on any atom is -0.508 e. The molecule has 3 rings (SSSR count). The van der Waals surface area contributed by atoms with E-state index in [-0.39, 0.29) is 22.2 Å². The van der Waals surface area contributed by atoms with Gasteiger partial charge in [-0.1, -0.05) is 12.1 Å². The Hall–Kier alpha value is -2.27. The van der Waals surface area contributed by atoms with E-state index >= 15 is 0 Å². The molecule has 0 amide bonds. The van der Waals surface area contributed by atoms with Crippen LogP contribution in [0.2, 0.25) is 0 Å². The Morgan fingerprint density at radius 3 is 2.71 bits per heavy atom. The van der Waals surface area contributed by atoms with Crippen LogP contribution in [0.15, 0.2) is 52.3 Å². The number of aromatic hydroxyl groups is 1. The van der Waals surface area contributed by atoms with E-state index in [1.165, 1.54) is 12.1 Å². The maximum absolute atomic E-state index is 12.4. The third kappa shape index (κ3) is 2.52. The van der Waals surface area contributed by atoms with Gasteiger partial charge in [-0.25, -0.2) is 8.42 Å². The molecule has 1 aliphatic heterocycles. The molecule has 5 heteroatoms. The van der Waals surface area contributed by atoms with E-state index in [0.717, 1.165) is 5.56 Å². The Morgan fingerprint density at radius 2 is 1.95 bits per heavy atom. The standard InChI is InChI=1S/C16H14O4S/c1-11-3-2-4-14(7-11)20-10-15-8-12-5-6-13(17)9-16(12)21(15,18)19/h2-9,17H,10H2,1H3. The molecule has 0 aliphatic carbocycles. The molecule has 21 heavy (non-hydrogen) atoms. The molecule has 0 atom stereocenters. The van der Waals surface area contributed by atoms with Gasteiger partial charge in [0.2, 0.25) is 9.84 Å². The lowest BCUT2D eigenvalue weighted by Crippen LogP contribution is -2.09. The zero-order valence-corrected chi connectivity index (χ0v) is 12.2. The quantitative estimate of drug-likeness (QED) is 0.947. The van der Waals surface area contributed by atoms with E-state index in [0.29, 0.717) is 11.3 Å². The second-order valence-corrected chi connectivity index (χ2v) is 6.91. The fourth-order valence-electron chi connectivity index (χ4n) is 2.25. The summed E-state index contributed by atoms with van der Waals surface area (Å²) in [7, 11) is -3.57. The fourth-order valence-corrected chi connectivity index (χ4v) is 3.74. The molecule has 0 spiro atoms. The molecule has 0 radical (unpaired) electrons. The lowest BCUT2D eigenvalue weighted by Gasteiger charge is -2.08. The van der Waals surface area contributed by atoms with Crippen molar-refractivity contribution in [1.29, 1.82) is 0 Å². The van der Waals surface area contributed by atoms with Crippen LogP contribution in [0.3, 0.4) is 0 Å². The predicted molar refractivity (Wildman–Crippen MR) is 79.9 cm³/mol. The molecule has 0 aromatic heterocycles. The van der Waals surface area contributed by atoms with Gasteiger partial charge in [0, 0.05) is 0 Å².